The SMILES string of the molecule is C=C/C=C(\C=C)CNC(=O)c1ccc(-n2ncc(-n3ccccc3=O)c2O)nc1. The first-order valence-electron chi connectivity index (χ1n) is 8.69. The summed E-state index contributed by atoms with van der Waals surface area (Å²) in [5.74, 6) is -0.247. The number of aromatic nitrogens is 4. The second kappa shape index (κ2) is 8.66. The zero-order valence-electron chi connectivity index (χ0n) is 15.5. The van der Waals surface area contributed by atoms with E-state index in [1.54, 1.807) is 42.5 Å². The molecule has 0 unspecified atom stereocenters. The highest BCUT2D eigenvalue weighted by Crippen LogP contribution is 2.22. The zero-order valence-corrected chi connectivity index (χ0v) is 15.5. The Kier molecular flexibility index (Phi) is 5.84. The summed E-state index contributed by atoms with van der Waals surface area (Å²) in [5.41, 5.74) is 1.10. The van der Waals surface area contributed by atoms with Crippen LogP contribution in [0.1, 0.15) is 10.4 Å². The Morgan fingerprint density at radius 1 is 1.21 bits per heavy atom. The molecule has 0 radical (unpaired) electrons. The van der Waals surface area contributed by atoms with E-state index in [1.807, 2.05) is 0 Å². The normalized spacial score (nSPS) is 11.1. The number of rotatable bonds is 7. The van der Waals surface area contributed by atoms with Crippen molar-refractivity contribution in [3.8, 4) is 17.4 Å². The fourth-order valence-electron chi connectivity index (χ4n) is 2.58. The van der Waals surface area contributed by atoms with Gasteiger partial charge in [0.05, 0.1) is 11.8 Å². The molecule has 3 rings (SSSR count). The maximum Gasteiger partial charge on any atom is 0.255 e. The summed E-state index contributed by atoms with van der Waals surface area (Å²) in [4.78, 5) is 28.4. The highest BCUT2D eigenvalue weighted by atomic mass is 16.3. The fraction of sp³-hybridized carbons (Fsp3) is 0.0476. The summed E-state index contributed by atoms with van der Waals surface area (Å²) in [6.45, 7) is 7.60. The predicted octanol–water partition coefficient (Wildman–Crippen LogP) is 2.15. The van der Waals surface area contributed by atoms with E-state index >= 15 is 0 Å². The van der Waals surface area contributed by atoms with Gasteiger partial charge in [-0.2, -0.15) is 9.78 Å². The van der Waals surface area contributed by atoms with Crippen LogP contribution in [0.5, 0.6) is 5.88 Å². The van der Waals surface area contributed by atoms with E-state index in [0.29, 0.717) is 17.9 Å². The second-order valence-electron chi connectivity index (χ2n) is 5.94. The van der Waals surface area contributed by atoms with Crippen molar-refractivity contribution in [3.63, 3.8) is 0 Å². The molecule has 0 bridgehead atoms. The highest BCUT2D eigenvalue weighted by molar-refractivity contribution is 5.94. The number of allylic oxidation sites excluding steroid dienone is 2. The first-order chi connectivity index (χ1) is 14.0. The van der Waals surface area contributed by atoms with Gasteiger partial charge in [0, 0.05) is 25.0 Å². The van der Waals surface area contributed by atoms with Crippen molar-refractivity contribution in [2.45, 2.75) is 0 Å². The third-order valence-corrected chi connectivity index (χ3v) is 4.08. The van der Waals surface area contributed by atoms with Crippen LogP contribution in [0.4, 0.5) is 0 Å². The number of amides is 1. The summed E-state index contributed by atoms with van der Waals surface area (Å²) in [7, 11) is 0. The molecule has 0 aromatic carbocycles. The highest BCUT2D eigenvalue weighted by Gasteiger charge is 2.15. The molecule has 0 aliphatic rings. The van der Waals surface area contributed by atoms with Gasteiger partial charge < -0.3 is 10.4 Å². The topological polar surface area (TPSA) is 102 Å². The van der Waals surface area contributed by atoms with Crippen LogP contribution < -0.4 is 10.9 Å². The van der Waals surface area contributed by atoms with Crippen LogP contribution in [-0.2, 0) is 0 Å². The molecule has 8 heteroatoms. The smallest absolute Gasteiger partial charge is 0.255 e. The van der Waals surface area contributed by atoms with Crippen LogP contribution in [0.2, 0.25) is 0 Å². The number of hydrogen-bond donors (Lipinski definition) is 2. The Bertz CT molecular complexity index is 1140. The third kappa shape index (κ3) is 4.22. The van der Waals surface area contributed by atoms with Crippen molar-refractivity contribution in [2.24, 2.45) is 0 Å². The van der Waals surface area contributed by atoms with Gasteiger partial charge in [0.15, 0.2) is 5.82 Å². The second-order valence-corrected chi connectivity index (χ2v) is 5.94. The van der Waals surface area contributed by atoms with Crippen molar-refractivity contribution in [1.29, 1.82) is 0 Å². The molecule has 1 amide bonds. The molecule has 3 aromatic heterocycles. The van der Waals surface area contributed by atoms with Gasteiger partial charge in [0.2, 0.25) is 5.88 Å². The largest absolute Gasteiger partial charge is 0.492 e. The van der Waals surface area contributed by atoms with Crippen molar-refractivity contribution >= 4 is 5.91 Å². The lowest BCUT2D eigenvalue weighted by Crippen LogP contribution is -2.25. The predicted molar refractivity (Wildman–Crippen MR) is 109 cm³/mol. The molecular formula is C21H19N5O3. The minimum absolute atomic E-state index is 0.227. The number of carbonyl (C=O) groups excluding carboxylic acids is 1. The summed E-state index contributed by atoms with van der Waals surface area (Å²) >= 11 is 0. The summed E-state index contributed by atoms with van der Waals surface area (Å²) < 4.78 is 2.45. The molecule has 2 N–H and O–H groups in total. The van der Waals surface area contributed by atoms with E-state index in [4.69, 9.17) is 0 Å². The van der Waals surface area contributed by atoms with Gasteiger partial charge in [0.25, 0.3) is 11.5 Å². The number of nitrogens with zero attached hydrogens (tertiary/aromatic N) is 4. The Hall–Kier alpha value is -4.20. The van der Waals surface area contributed by atoms with Gasteiger partial charge in [-0.3, -0.25) is 14.2 Å². The molecule has 0 saturated carbocycles. The lowest BCUT2D eigenvalue weighted by Gasteiger charge is -2.07. The van der Waals surface area contributed by atoms with E-state index < -0.39 is 0 Å². The Morgan fingerprint density at radius 3 is 2.69 bits per heavy atom. The van der Waals surface area contributed by atoms with Crippen LogP contribution in [0.15, 0.2) is 90.7 Å². The Morgan fingerprint density at radius 2 is 2.03 bits per heavy atom. The monoisotopic (exact) mass is 389 g/mol. The fourth-order valence-corrected chi connectivity index (χ4v) is 2.58. The molecule has 0 aliphatic carbocycles. The van der Waals surface area contributed by atoms with E-state index in [0.717, 1.165) is 5.57 Å². The van der Waals surface area contributed by atoms with Crippen molar-refractivity contribution in [1.82, 2.24) is 24.6 Å². The van der Waals surface area contributed by atoms with Gasteiger partial charge in [-0.1, -0.05) is 37.5 Å². The average molecular weight is 389 g/mol. The summed E-state index contributed by atoms with van der Waals surface area (Å²) in [5, 5.41) is 17.3. The average Bonchev–Trinajstić information content (AvgIpc) is 3.12. The minimum atomic E-state index is -0.304. The number of aromatic hydroxyl groups is 1. The van der Waals surface area contributed by atoms with Crippen molar-refractivity contribution in [2.75, 3.05) is 6.54 Å². The lowest BCUT2D eigenvalue weighted by atomic mass is 10.2. The van der Waals surface area contributed by atoms with Crippen LogP contribution in [0.3, 0.4) is 0 Å². The molecule has 8 nitrogen and oxygen atoms in total. The first-order valence-corrected chi connectivity index (χ1v) is 8.69. The summed E-state index contributed by atoms with van der Waals surface area (Å²) in [6, 6.07) is 7.78. The molecule has 0 aliphatic heterocycles. The molecule has 0 atom stereocenters. The van der Waals surface area contributed by atoms with Crippen molar-refractivity contribution in [3.05, 3.63) is 102 Å². The van der Waals surface area contributed by atoms with Crippen molar-refractivity contribution < 1.29 is 9.90 Å². The zero-order chi connectivity index (χ0) is 20.8. The molecule has 0 spiro atoms. The van der Waals surface area contributed by atoms with Gasteiger partial charge >= 0.3 is 0 Å². The van der Waals surface area contributed by atoms with E-state index in [1.165, 1.54) is 33.9 Å². The number of hydrogen-bond acceptors (Lipinski definition) is 5. The van der Waals surface area contributed by atoms with Gasteiger partial charge in [-0.05, 0) is 23.8 Å². The molecular weight excluding hydrogens is 370 g/mol. The van der Waals surface area contributed by atoms with E-state index in [-0.39, 0.29) is 23.0 Å². The van der Waals surface area contributed by atoms with Gasteiger partial charge in [0.1, 0.15) is 5.69 Å². The number of nitrogens with one attached hydrogen (secondary N) is 1. The van der Waals surface area contributed by atoms with E-state index in [2.05, 4.69) is 28.6 Å². The van der Waals surface area contributed by atoms with Gasteiger partial charge in [-0.25, -0.2) is 4.98 Å². The molecule has 3 heterocycles. The number of carbonyl (C=O) groups is 1. The molecule has 0 fully saturated rings. The van der Waals surface area contributed by atoms with E-state index in [9.17, 15) is 14.7 Å². The quantitative estimate of drug-likeness (QED) is 0.603. The van der Waals surface area contributed by atoms with Crippen LogP contribution in [0, 0.1) is 0 Å². The Balaban J connectivity index is 1.79. The Labute approximate surface area is 166 Å². The molecule has 3 aromatic rings. The van der Waals surface area contributed by atoms with Crippen LogP contribution in [0.25, 0.3) is 11.5 Å². The molecule has 0 saturated heterocycles. The molecule has 146 valence electrons. The lowest BCUT2D eigenvalue weighted by molar-refractivity contribution is 0.0957. The standard InChI is InChI=1S/C21H19N5O3/c1-3-7-15(4-2)12-23-20(28)16-9-10-18(22-13-16)26-21(29)17(14-24-26)25-11-6-5-8-19(25)27/h3-11,13-14,29H,1-2,12H2,(H,23,28)/b15-7+. The van der Waals surface area contributed by atoms with Crippen LogP contribution in [-0.4, -0.2) is 36.9 Å². The molecule has 29 heavy (non-hydrogen) atoms. The minimum Gasteiger partial charge on any atom is -0.492 e. The number of pyridine rings is 2. The first kappa shape index (κ1) is 19.6. The maximum atomic E-state index is 12.3. The van der Waals surface area contributed by atoms with Crippen LogP contribution >= 0.6 is 0 Å². The third-order valence-electron chi connectivity index (χ3n) is 4.08. The summed E-state index contributed by atoms with van der Waals surface area (Å²) in [6.07, 6.45) is 9.29. The van der Waals surface area contributed by atoms with Gasteiger partial charge in [-0.15, -0.1) is 0 Å². The maximum absolute atomic E-state index is 12.3.